The van der Waals surface area contributed by atoms with Crippen LogP contribution < -0.4 is 10.6 Å². The highest BCUT2D eigenvalue weighted by Gasteiger charge is 2.10. The molecule has 0 unspecified atom stereocenters. The smallest absolute Gasteiger partial charge is 0.267 e. The summed E-state index contributed by atoms with van der Waals surface area (Å²) in [6, 6.07) is 15.5. The van der Waals surface area contributed by atoms with E-state index in [9.17, 15) is 4.79 Å². The average Bonchev–Trinajstić information content (AvgIpc) is 2.52. The molecular weight excluding hydrogens is 321 g/mol. The first-order chi connectivity index (χ1) is 10.6. The van der Waals surface area contributed by atoms with Gasteiger partial charge in [0, 0.05) is 16.9 Å². The minimum absolute atomic E-state index is 0.0742. The summed E-state index contributed by atoms with van der Waals surface area (Å²) >= 11 is 11.7. The van der Waals surface area contributed by atoms with Crippen molar-refractivity contribution in [2.24, 2.45) is 0 Å². The fourth-order valence-corrected chi connectivity index (χ4v) is 1.91. The van der Waals surface area contributed by atoms with Gasteiger partial charge in [0.15, 0.2) is 0 Å². The lowest BCUT2D eigenvalue weighted by Crippen LogP contribution is -2.14. The molecule has 2 aromatic rings. The molecule has 0 atom stereocenters. The molecule has 6 heteroatoms. The van der Waals surface area contributed by atoms with E-state index >= 15 is 0 Å². The lowest BCUT2D eigenvalue weighted by molar-refractivity contribution is -0.112. The summed E-state index contributed by atoms with van der Waals surface area (Å²) in [7, 11) is 0. The van der Waals surface area contributed by atoms with Crippen molar-refractivity contribution in [2.75, 3.05) is 10.6 Å². The van der Waals surface area contributed by atoms with Gasteiger partial charge in [-0.1, -0.05) is 35.3 Å². The molecule has 0 aliphatic heterocycles. The Bertz CT molecular complexity index is 749. The summed E-state index contributed by atoms with van der Waals surface area (Å²) < 4.78 is 0. The second-order valence-electron chi connectivity index (χ2n) is 4.26. The largest absolute Gasteiger partial charge is 0.360 e. The third-order valence-electron chi connectivity index (χ3n) is 2.71. The normalized spacial score (nSPS) is 10.7. The molecule has 2 N–H and O–H groups in total. The number of anilines is 2. The minimum atomic E-state index is -0.544. The number of rotatable bonds is 4. The van der Waals surface area contributed by atoms with Crippen LogP contribution in [-0.2, 0) is 4.79 Å². The van der Waals surface area contributed by atoms with Gasteiger partial charge in [0.25, 0.3) is 5.91 Å². The summed E-state index contributed by atoms with van der Waals surface area (Å²) in [4.78, 5) is 12.0. The molecule has 0 aromatic heterocycles. The van der Waals surface area contributed by atoms with Gasteiger partial charge in [-0.05, 0) is 36.4 Å². The van der Waals surface area contributed by atoms with E-state index in [2.05, 4.69) is 10.6 Å². The number of carbonyl (C=O) groups excluding carboxylic acids is 1. The molecule has 0 saturated carbocycles. The van der Waals surface area contributed by atoms with Crippen molar-refractivity contribution in [1.29, 1.82) is 5.26 Å². The van der Waals surface area contributed by atoms with Crippen LogP contribution in [0.1, 0.15) is 0 Å². The van der Waals surface area contributed by atoms with E-state index in [1.165, 1.54) is 6.20 Å². The number of carbonyl (C=O) groups is 1. The Kier molecular flexibility index (Phi) is 5.42. The highest BCUT2D eigenvalue weighted by molar-refractivity contribution is 6.34. The summed E-state index contributed by atoms with van der Waals surface area (Å²) in [6.07, 6.45) is 1.33. The van der Waals surface area contributed by atoms with Crippen LogP contribution in [0.5, 0.6) is 0 Å². The Morgan fingerprint density at radius 1 is 1.09 bits per heavy atom. The quantitative estimate of drug-likeness (QED) is 0.642. The van der Waals surface area contributed by atoms with Gasteiger partial charge >= 0.3 is 0 Å². The van der Waals surface area contributed by atoms with E-state index in [0.29, 0.717) is 21.4 Å². The zero-order chi connectivity index (χ0) is 15.9. The van der Waals surface area contributed by atoms with E-state index < -0.39 is 5.91 Å². The standard InChI is InChI=1S/C16H11Cl2N3O/c17-12-5-7-13(8-6-12)20-10-11(9-19)16(22)21-15-4-2-1-3-14(15)18/h1-8,10,20H,(H,21,22)/b11-10-. The van der Waals surface area contributed by atoms with Crippen LogP contribution in [0.15, 0.2) is 60.3 Å². The monoisotopic (exact) mass is 331 g/mol. The number of nitrogens with one attached hydrogen (secondary N) is 2. The van der Waals surface area contributed by atoms with Gasteiger partial charge < -0.3 is 10.6 Å². The van der Waals surface area contributed by atoms with E-state index in [-0.39, 0.29) is 5.57 Å². The third kappa shape index (κ3) is 4.26. The topological polar surface area (TPSA) is 64.9 Å². The SMILES string of the molecule is N#C/C(=C/Nc1ccc(Cl)cc1)C(=O)Nc1ccccc1Cl. The number of para-hydroxylation sites is 1. The second kappa shape index (κ2) is 7.51. The van der Waals surface area contributed by atoms with Crippen LogP contribution in [0.3, 0.4) is 0 Å². The lowest BCUT2D eigenvalue weighted by Gasteiger charge is -2.06. The fraction of sp³-hybridized carbons (Fsp3) is 0. The number of halogens is 2. The molecule has 0 saturated heterocycles. The van der Waals surface area contributed by atoms with E-state index in [4.69, 9.17) is 28.5 Å². The third-order valence-corrected chi connectivity index (χ3v) is 3.30. The number of nitriles is 1. The van der Waals surface area contributed by atoms with Crippen molar-refractivity contribution in [3.63, 3.8) is 0 Å². The van der Waals surface area contributed by atoms with Crippen LogP contribution in [0, 0.1) is 11.3 Å². The number of benzene rings is 2. The molecule has 2 rings (SSSR count). The maximum atomic E-state index is 12.0. The summed E-state index contributed by atoms with van der Waals surface area (Å²) in [5, 5.41) is 15.5. The molecule has 22 heavy (non-hydrogen) atoms. The van der Waals surface area contributed by atoms with Crippen molar-refractivity contribution < 1.29 is 4.79 Å². The Labute approximate surface area is 138 Å². The molecule has 0 bridgehead atoms. The van der Waals surface area contributed by atoms with Crippen molar-refractivity contribution in [1.82, 2.24) is 0 Å². The van der Waals surface area contributed by atoms with Gasteiger partial charge in [0.05, 0.1) is 10.7 Å². The van der Waals surface area contributed by atoms with Gasteiger partial charge in [-0.15, -0.1) is 0 Å². The van der Waals surface area contributed by atoms with E-state index in [1.807, 2.05) is 6.07 Å². The molecule has 0 aliphatic carbocycles. The van der Waals surface area contributed by atoms with Crippen molar-refractivity contribution in [2.45, 2.75) is 0 Å². The van der Waals surface area contributed by atoms with Crippen LogP contribution >= 0.6 is 23.2 Å². The molecule has 0 heterocycles. The highest BCUT2D eigenvalue weighted by Crippen LogP contribution is 2.21. The molecule has 4 nitrogen and oxygen atoms in total. The molecule has 0 radical (unpaired) electrons. The molecule has 0 spiro atoms. The average molecular weight is 332 g/mol. The van der Waals surface area contributed by atoms with Gasteiger partial charge in [0.1, 0.15) is 11.6 Å². The van der Waals surface area contributed by atoms with E-state index in [1.54, 1.807) is 48.5 Å². The number of amides is 1. The maximum absolute atomic E-state index is 12.0. The molecule has 1 amide bonds. The van der Waals surface area contributed by atoms with Crippen LogP contribution in [0.25, 0.3) is 0 Å². The predicted molar refractivity (Wildman–Crippen MR) is 88.9 cm³/mol. The Hall–Kier alpha value is -2.48. The number of nitrogens with zero attached hydrogens (tertiary/aromatic N) is 1. The Balaban J connectivity index is 2.09. The van der Waals surface area contributed by atoms with Crippen LogP contribution in [0.4, 0.5) is 11.4 Å². The fourth-order valence-electron chi connectivity index (χ4n) is 1.60. The summed E-state index contributed by atoms with van der Waals surface area (Å²) in [5.41, 5.74) is 1.08. The molecule has 110 valence electrons. The summed E-state index contributed by atoms with van der Waals surface area (Å²) in [6.45, 7) is 0. The van der Waals surface area contributed by atoms with Crippen LogP contribution in [0.2, 0.25) is 10.0 Å². The zero-order valence-electron chi connectivity index (χ0n) is 11.3. The lowest BCUT2D eigenvalue weighted by atomic mass is 10.2. The van der Waals surface area contributed by atoms with Gasteiger partial charge in [-0.2, -0.15) is 5.26 Å². The van der Waals surface area contributed by atoms with Gasteiger partial charge in [0.2, 0.25) is 0 Å². The first-order valence-electron chi connectivity index (χ1n) is 6.28. The van der Waals surface area contributed by atoms with Gasteiger partial charge in [-0.3, -0.25) is 4.79 Å². The number of hydrogen-bond acceptors (Lipinski definition) is 3. The molecule has 0 fully saturated rings. The van der Waals surface area contributed by atoms with Crippen molar-refractivity contribution in [3.8, 4) is 6.07 Å². The zero-order valence-corrected chi connectivity index (χ0v) is 12.8. The van der Waals surface area contributed by atoms with Gasteiger partial charge in [-0.25, -0.2) is 0 Å². The summed E-state index contributed by atoms with van der Waals surface area (Å²) in [5.74, 6) is -0.544. The van der Waals surface area contributed by atoms with E-state index in [0.717, 1.165) is 0 Å². The van der Waals surface area contributed by atoms with Crippen molar-refractivity contribution in [3.05, 3.63) is 70.3 Å². The van der Waals surface area contributed by atoms with Crippen molar-refractivity contribution >= 4 is 40.5 Å². The first kappa shape index (κ1) is 15.9. The molecule has 0 aliphatic rings. The highest BCUT2D eigenvalue weighted by atomic mass is 35.5. The first-order valence-corrected chi connectivity index (χ1v) is 7.04. The Morgan fingerprint density at radius 3 is 2.41 bits per heavy atom. The second-order valence-corrected chi connectivity index (χ2v) is 5.10. The van der Waals surface area contributed by atoms with Crippen LogP contribution in [-0.4, -0.2) is 5.91 Å². The molecular formula is C16H11Cl2N3O. The minimum Gasteiger partial charge on any atom is -0.360 e. The molecule has 2 aromatic carbocycles. The maximum Gasteiger partial charge on any atom is 0.267 e. The number of hydrogen-bond donors (Lipinski definition) is 2. The Morgan fingerprint density at radius 2 is 1.77 bits per heavy atom. The predicted octanol–water partition coefficient (Wildman–Crippen LogP) is 4.45.